The zero-order chi connectivity index (χ0) is 19.2. The number of hydrogen-bond donors (Lipinski definition) is 2. The molecule has 0 saturated heterocycles. The highest BCUT2D eigenvalue weighted by Gasteiger charge is 2.09. The monoisotopic (exact) mass is 359 g/mol. The fourth-order valence-electron chi connectivity index (χ4n) is 2.83. The summed E-state index contributed by atoms with van der Waals surface area (Å²) in [6.45, 7) is 4.69. The summed E-state index contributed by atoms with van der Waals surface area (Å²) in [5.74, 6) is 0.479. The van der Waals surface area contributed by atoms with Crippen LogP contribution < -0.4 is 10.6 Å². The number of rotatable bonds is 5. The Bertz CT molecular complexity index is 1000. The van der Waals surface area contributed by atoms with Crippen LogP contribution in [0.25, 0.3) is 0 Å². The normalized spacial score (nSPS) is 10.3. The van der Waals surface area contributed by atoms with E-state index in [1.54, 1.807) is 28.9 Å². The van der Waals surface area contributed by atoms with Gasteiger partial charge in [-0.1, -0.05) is 31.2 Å². The second-order valence-electron chi connectivity index (χ2n) is 6.24. The van der Waals surface area contributed by atoms with Gasteiger partial charge in [0.1, 0.15) is 0 Å². The molecule has 0 aliphatic carbocycles. The molecule has 2 N–H and O–H groups in total. The second-order valence-corrected chi connectivity index (χ2v) is 6.24. The van der Waals surface area contributed by atoms with Crippen molar-refractivity contribution >= 4 is 17.5 Å². The van der Waals surface area contributed by atoms with E-state index in [-0.39, 0.29) is 6.03 Å². The smallest absolute Gasteiger partial charge is 0.307 e. The zero-order valence-corrected chi connectivity index (χ0v) is 15.4. The lowest BCUT2D eigenvalue weighted by Gasteiger charge is -2.10. The molecule has 0 aliphatic rings. The Balaban J connectivity index is 1.65. The Labute approximate surface area is 158 Å². The second kappa shape index (κ2) is 8.19. The summed E-state index contributed by atoms with van der Waals surface area (Å²) < 4.78 is 1.79. The first kappa shape index (κ1) is 18.2. The fourth-order valence-corrected chi connectivity index (χ4v) is 2.83. The predicted molar refractivity (Wildman–Crippen MR) is 106 cm³/mol. The maximum atomic E-state index is 12.3. The summed E-state index contributed by atoms with van der Waals surface area (Å²) in [6, 6.07) is 16.9. The third-order valence-electron chi connectivity index (χ3n) is 4.34. The maximum Gasteiger partial charge on any atom is 0.324 e. The maximum absolute atomic E-state index is 12.3. The van der Waals surface area contributed by atoms with Crippen molar-refractivity contribution in [2.24, 2.45) is 0 Å². The molecular weight excluding hydrogens is 338 g/mol. The van der Waals surface area contributed by atoms with E-state index < -0.39 is 0 Å². The Kier molecular flexibility index (Phi) is 5.53. The first-order valence-electron chi connectivity index (χ1n) is 8.78. The van der Waals surface area contributed by atoms with E-state index in [9.17, 15) is 4.79 Å². The molecule has 3 rings (SSSR count). The van der Waals surface area contributed by atoms with Crippen LogP contribution in [0.2, 0.25) is 0 Å². The Morgan fingerprint density at radius 3 is 2.70 bits per heavy atom. The number of nitrogens with zero attached hydrogens (tertiary/aromatic N) is 3. The van der Waals surface area contributed by atoms with Gasteiger partial charge in [-0.3, -0.25) is 10.00 Å². The van der Waals surface area contributed by atoms with Crippen molar-refractivity contribution in [3.05, 3.63) is 77.0 Å². The van der Waals surface area contributed by atoms with E-state index in [2.05, 4.69) is 40.9 Å². The topological polar surface area (TPSA) is 82.7 Å². The van der Waals surface area contributed by atoms with Gasteiger partial charge in [-0.05, 0) is 48.2 Å². The molecule has 3 aromatic rings. The van der Waals surface area contributed by atoms with E-state index in [0.29, 0.717) is 23.6 Å². The zero-order valence-electron chi connectivity index (χ0n) is 15.4. The van der Waals surface area contributed by atoms with E-state index >= 15 is 0 Å². The van der Waals surface area contributed by atoms with Crippen LogP contribution in [-0.4, -0.2) is 15.8 Å². The molecule has 2 amide bonds. The third kappa shape index (κ3) is 4.53. The van der Waals surface area contributed by atoms with Gasteiger partial charge in [0.2, 0.25) is 0 Å². The SMILES string of the molecule is CCc1cc(C#N)ccc1NC(=O)Nc1ccn(Cc2ccccc2C)n1. The molecule has 0 spiro atoms. The molecule has 0 fully saturated rings. The molecule has 0 unspecified atom stereocenters. The number of carbonyl (C=O) groups excluding carboxylic acids is 1. The van der Waals surface area contributed by atoms with Crippen molar-refractivity contribution in [2.45, 2.75) is 26.8 Å². The van der Waals surface area contributed by atoms with Crippen molar-refractivity contribution in [3.8, 4) is 6.07 Å². The van der Waals surface area contributed by atoms with Gasteiger partial charge >= 0.3 is 6.03 Å². The number of aromatic nitrogens is 2. The van der Waals surface area contributed by atoms with Crippen LogP contribution in [-0.2, 0) is 13.0 Å². The van der Waals surface area contributed by atoms with Crippen LogP contribution in [0.5, 0.6) is 0 Å². The number of carbonyl (C=O) groups is 1. The molecule has 136 valence electrons. The molecule has 27 heavy (non-hydrogen) atoms. The lowest BCUT2D eigenvalue weighted by molar-refractivity contribution is 0.262. The quantitative estimate of drug-likeness (QED) is 0.712. The molecule has 2 aromatic carbocycles. The molecule has 0 radical (unpaired) electrons. The highest BCUT2D eigenvalue weighted by Crippen LogP contribution is 2.18. The molecule has 0 saturated carbocycles. The lowest BCUT2D eigenvalue weighted by atomic mass is 10.1. The van der Waals surface area contributed by atoms with Gasteiger partial charge in [0.05, 0.1) is 18.2 Å². The Morgan fingerprint density at radius 2 is 1.96 bits per heavy atom. The van der Waals surface area contributed by atoms with Gasteiger partial charge in [-0.15, -0.1) is 0 Å². The fraction of sp³-hybridized carbons (Fsp3) is 0.190. The van der Waals surface area contributed by atoms with Crippen LogP contribution in [0, 0.1) is 18.3 Å². The Hall–Kier alpha value is -3.59. The summed E-state index contributed by atoms with van der Waals surface area (Å²) in [5.41, 5.74) is 4.56. The average Bonchev–Trinajstić information content (AvgIpc) is 3.10. The van der Waals surface area contributed by atoms with Crippen molar-refractivity contribution in [1.82, 2.24) is 9.78 Å². The van der Waals surface area contributed by atoms with E-state index in [1.807, 2.05) is 25.3 Å². The number of nitrogens with one attached hydrogen (secondary N) is 2. The minimum Gasteiger partial charge on any atom is -0.307 e. The summed E-state index contributed by atoms with van der Waals surface area (Å²) in [4.78, 5) is 12.3. The van der Waals surface area contributed by atoms with Crippen molar-refractivity contribution in [1.29, 1.82) is 5.26 Å². The van der Waals surface area contributed by atoms with Gasteiger partial charge in [0.25, 0.3) is 0 Å². The summed E-state index contributed by atoms with van der Waals surface area (Å²) in [7, 11) is 0. The minimum absolute atomic E-state index is 0.365. The summed E-state index contributed by atoms with van der Waals surface area (Å²) in [6.07, 6.45) is 2.55. The molecule has 0 aliphatic heterocycles. The highest BCUT2D eigenvalue weighted by molar-refractivity contribution is 5.99. The van der Waals surface area contributed by atoms with Gasteiger partial charge in [0, 0.05) is 18.0 Å². The van der Waals surface area contributed by atoms with Gasteiger partial charge in [0.15, 0.2) is 5.82 Å². The third-order valence-corrected chi connectivity index (χ3v) is 4.34. The lowest BCUT2D eigenvalue weighted by Crippen LogP contribution is -2.20. The van der Waals surface area contributed by atoms with Crippen LogP contribution in [0.15, 0.2) is 54.7 Å². The highest BCUT2D eigenvalue weighted by atomic mass is 16.2. The van der Waals surface area contributed by atoms with Crippen molar-refractivity contribution in [2.75, 3.05) is 10.6 Å². The van der Waals surface area contributed by atoms with Crippen LogP contribution in [0.4, 0.5) is 16.3 Å². The van der Waals surface area contributed by atoms with Crippen LogP contribution >= 0.6 is 0 Å². The number of hydrogen-bond acceptors (Lipinski definition) is 3. The van der Waals surface area contributed by atoms with Crippen LogP contribution in [0.3, 0.4) is 0 Å². The Morgan fingerprint density at radius 1 is 1.15 bits per heavy atom. The number of benzene rings is 2. The van der Waals surface area contributed by atoms with Gasteiger partial charge in [-0.25, -0.2) is 4.79 Å². The van der Waals surface area contributed by atoms with E-state index in [0.717, 1.165) is 12.0 Å². The van der Waals surface area contributed by atoms with Gasteiger partial charge < -0.3 is 5.32 Å². The van der Waals surface area contributed by atoms with E-state index in [1.165, 1.54) is 11.1 Å². The number of anilines is 2. The molecule has 0 bridgehead atoms. The van der Waals surface area contributed by atoms with Crippen LogP contribution in [0.1, 0.15) is 29.2 Å². The number of aryl methyl sites for hydroxylation is 2. The number of urea groups is 1. The van der Waals surface area contributed by atoms with Gasteiger partial charge in [-0.2, -0.15) is 10.4 Å². The first-order chi connectivity index (χ1) is 13.1. The molecular formula is C21H21N5O. The number of amides is 2. The summed E-state index contributed by atoms with van der Waals surface area (Å²) >= 11 is 0. The number of nitriles is 1. The standard InChI is InChI=1S/C21H21N5O/c1-3-17-12-16(13-22)8-9-19(17)23-21(27)24-20-10-11-26(25-20)14-18-7-5-4-6-15(18)2/h4-12H,3,14H2,1-2H3,(H2,23,24,25,27). The average molecular weight is 359 g/mol. The summed E-state index contributed by atoms with van der Waals surface area (Å²) in [5, 5.41) is 19.0. The molecule has 6 nitrogen and oxygen atoms in total. The molecule has 0 atom stereocenters. The van der Waals surface area contributed by atoms with Crippen molar-refractivity contribution in [3.63, 3.8) is 0 Å². The van der Waals surface area contributed by atoms with E-state index in [4.69, 9.17) is 5.26 Å². The minimum atomic E-state index is -0.365. The molecule has 6 heteroatoms. The first-order valence-corrected chi connectivity index (χ1v) is 8.78. The molecule has 1 aromatic heterocycles. The van der Waals surface area contributed by atoms with Crippen molar-refractivity contribution < 1.29 is 4.79 Å². The predicted octanol–water partition coefficient (Wildman–Crippen LogP) is 4.32. The molecule has 1 heterocycles. The largest absolute Gasteiger partial charge is 0.324 e.